The van der Waals surface area contributed by atoms with Gasteiger partial charge in [-0.3, -0.25) is 4.79 Å². The van der Waals surface area contributed by atoms with Gasteiger partial charge in [0.05, 0.1) is 6.21 Å². The summed E-state index contributed by atoms with van der Waals surface area (Å²) in [5.74, 6) is 0.971. The molecular formula is C22H15ClN2O2. The molecule has 0 unspecified atom stereocenters. The van der Waals surface area contributed by atoms with Gasteiger partial charge in [-0.15, -0.1) is 0 Å². The van der Waals surface area contributed by atoms with Crippen molar-refractivity contribution >= 4 is 34.5 Å². The van der Waals surface area contributed by atoms with E-state index in [1.807, 2.05) is 54.6 Å². The zero-order valence-electron chi connectivity index (χ0n) is 14.2. The molecule has 1 N–H and O–H groups in total. The Bertz CT molecular complexity index is 1130. The lowest BCUT2D eigenvalue weighted by molar-refractivity contribution is 0.0957. The number of amides is 1. The van der Waals surface area contributed by atoms with Crippen LogP contribution in [0.1, 0.15) is 16.1 Å². The fraction of sp³-hybridized carbons (Fsp3) is 0. The standard InChI is InChI=1S/C22H15ClN2O2/c23-17-10-8-16(9-11-17)21-13-12-18(27-21)14-24-25-22(26)20-7-3-5-15-4-1-2-6-19(15)20/h1-14H,(H,25,26). The Kier molecular flexibility index (Phi) is 4.73. The summed E-state index contributed by atoms with van der Waals surface area (Å²) in [4.78, 5) is 12.4. The summed E-state index contributed by atoms with van der Waals surface area (Å²) in [7, 11) is 0. The molecule has 3 aromatic carbocycles. The Morgan fingerprint density at radius 1 is 0.926 bits per heavy atom. The molecule has 0 spiro atoms. The number of fused-ring (bicyclic) bond motifs is 1. The number of nitrogens with zero attached hydrogens (tertiary/aromatic N) is 1. The van der Waals surface area contributed by atoms with E-state index >= 15 is 0 Å². The molecule has 0 aliphatic rings. The Balaban J connectivity index is 1.48. The zero-order chi connectivity index (χ0) is 18.6. The molecule has 0 saturated carbocycles. The monoisotopic (exact) mass is 374 g/mol. The van der Waals surface area contributed by atoms with E-state index in [9.17, 15) is 4.79 Å². The second kappa shape index (κ2) is 7.48. The van der Waals surface area contributed by atoms with E-state index in [0.717, 1.165) is 16.3 Å². The first-order chi connectivity index (χ1) is 13.2. The molecule has 1 aromatic heterocycles. The van der Waals surface area contributed by atoms with Crippen LogP contribution in [-0.4, -0.2) is 12.1 Å². The smallest absolute Gasteiger partial charge is 0.271 e. The van der Waals surface area contributed by atoms with Crippen molar-refractivity contribution in [3.8, 4) is 11.3 Å². The van der Waals surface area contributed by atoms with Crippen LogP contribution in [0, 0.1) is 0 Å². The predicted octanol–water partition coefficient (Wildman–Crippen LogP) is 5.52. The molecule has 0 bridgehead atoms. The van der Waals surface area contributed by atoms with E-state index < -0.39 is 0 Å². The van der Waals surface area contributed by atoms with Gasteiger partial charge in [0.1, 0.15) is 11.5 Å². The molecule has 0 aliphatic carbocycles. The fourth-order valence-electron chi connectivity index (χ4n) is 2.83. The number of furan rings is 1. The molecule has 0 radical (unpaired) electrons. The van der Waals surface area contributed by atoms with Crippen LogP contribution >= 0.6 is 11.6 Å². The Morgan fingerprint density at radius 3 is 2.56 bits per heavy atom. The number of hydrogen-bond acceptors (Lipinski definition) is 3. The molecule has 5 heteroatoms. The van der Waals surface area contributed by atoms with Crippen LogP contribution in [0.4, 0.5) is 0 Å². The molecule has 0 aliphatic heterocycles. The first-order valence-corrected chi connectivity index (χ1v) is 8.75. The second-order valence-electron chi connectivity index (χ2n) is 5.93. The van der Waals surface area contributed by atoms with Crippen LogP contribution in [0.5, 0.6) is 0 Å². The normalized spacial score (nSPS) is 11.1. The van der Waals surface area contributed by atoms with Gasteiger partial charge in [-0.2, -0.15) is 5.10 Å². The number of nitrogens with one attached hydrogen (secondary N) is 1. The molecule has 4 aromatic rings. The third-order valence-electron chi connectivity index (χ3n) is 4.15. The van der Waals surface area contributed by atoms with Crippen molar-refractivity contribution in [3.05, 3.63) is 95.2 Å². The van der Waals surface area contributed by atoms with Gasteiger partial charge in [0.15, 0.2) is 0 Å². The average Bonchev–Trinajstić information content (AvgIpc) is 3.17. The molecule has 0 fully saturated rings. The topological polar surface area (TPSA) is 54.6 Å². The number of carbonyl (C=O) groups is 1. The van der Waals surface area contributed by atoms with Crippen molar-refractivity contribution in [1.29, 1.82) is 0 Å². The third kappa shape index (κ3) is 3.76. The van der Waals surface area contributed by atoms with E-state index in [4.69, 9.17) is 16.0 Å². The summed E-state index contributed by atoms with van der Waals surface area (Å²) in [5.41, 5.74) is 4.04. The average molecular weight is 375 g/mol. The first-order valence-electron chi connectivity index (χ1n) is 8.38. The number of benzene rings is 3. The van der Waals surface area contributed by atoms with Crippen molar-refractivity contribution in [1.82, 2.24) is 5.43 Å². The molecule has 1 heterocycles. The third-order valence-corrected chi connectivity index (χ3v) is 4.40. The van der Waals surface area contributed by atoms with Crippen LogP contribution in [0.3, 0.4) is 0 Å². The predicted molar refractivity (Wildman–Crippen MR) is 108 cm³/mol. The largest absolute Gasteiger partial charge is 0.455 e. The quantitative estimate of drug-likeness (QED) is 0.378. The molecule has 4 rings (SSSR count). The minimum atomic E-state index is -0.271. The maximum Gasteiger partial charge on any atom is 0.271 e. The number of halogens is 1. The van der Waals surface area contributed by atoms with Gasteiger partial charge in [0.25, 0.3) is 5.91 Å². The zero-order valence-corrected chi connectivity index (χ0v) is 15.0. The Labute approximate surface area is 161 Å². The highest BCUT2D eigenvalue weighted by Crippen LogP contribution is 2.23. The van der Waals surface area contributed by atoms with Crippen molar-refractivity contribution in [2.24, 2.45) is 5.10 Å². The van der Waals surface area contributed by atoms with Crippen LogP contribution in [0.2, 0.25) is 5.02 Å². The summed E-state index contributed by atoms with van der Waals surface area (Å²) in [6.07, 6.45) is 1.47. The van der Waals surface area contributed by atoms with Crippen molar-refractivity contribution in [2.75, 3.05) is 0 Å². The van der Waals surface area contributed by atoms with Gasteiger partial charge < -0.3 is 4.42 Å². The van der Waals surface area contributed by atoms with E-state index in [2.05, 4.69) is 10.5 Å². The lowest BCUT2D eigenvalue weighted by Crippen LogP contribution is -2.17. The number of carbonyl (C=O) groups excluding carboxylic acids is 1. The van der Waals surface area contributed by atoms with Crippen LogP contribution in [0.15, 0.2) is 88.4 Å². The summed E-state index contributed by atoms with van der Waals surface area (Å²) >= 11 is 5.90. The highest BCUT2D eigenvalue weighted by atomic mass is 35.5. The minimum absolute atomic E-state index is 0.271. The number of hydrogen-bond donors (Lipinski definition) is 1. The summed E-state index contributed by atoms with van der Waals surface area (Å²) in [5, 5.41) is 6.57. The highest BCUT2D eigenvalue weighted by Gasteiger charge is 2.08. The molecule has 132 valence electrons. The van der Waals surface area contributed by atoms with Crippen molar-refractivity contribution in [2.45, 2.75) is 0 Å². The molecule has 0 saturated heterocycles. The van der Waals surface area contributed by atoms with Crippen LogP contribution < -0.4 is 5.43 Å². The number of hydrazone groups is 1. The van der Waals surface area contributed by atoms with Crippen molar-refractivity contribution < 1.29 is 9.21 Å². The lowest BCUT2D eigenvalue weighted by Gasteiger charge is -2.04. The molecule has 4 nitrogen and oxygen atoms in total. The maximum atomic E-state index is 12.4. The molecule has 1 amide bonds. The van der Waals surface area contributed by atoms with E-state index in [1.54, 1.807) is 24.3 Å². The SMILES string of the molecule is O=C(NN=Cc1ccc(-c2ccc(Cl)cc2)o1)c1cccc2ccccc12. The first kappa shape index (κ1) is 17.1. The number of rotatable bonds is 4. The lowest BCUT2D eigenvalue weighted by atomic mass is 10.0. The highest BCUT2D eigenvalue weighted by molar-refractivity contribution is 6.30. The van der Waals surface area contributed by atoms with Crippen molar-refractivity contribution in [3.63, 3.8) is 0 Å². The van der Waals surface area contributed by atoms with Gasteiger partial charge in [0, 0.05) is 16.1 Å². The molecule has 0 atom stereocenters. The maximum absolute atomic E-state index is 12.4. The van der Waals surface area contributed by atoms with Gasteiger partial charge in [-0.25, -0.2) is 5.43 Å². The minimum Gasteiger partial charge on any atom is -0.455 e. The van der Waals surface area contributed by atoms with Crippen LogP contribution in [0.25, 0.3) is 22.1 Å². The van der Waals surface area contributed by atoms with E-state index in [0.29, 0.717) is 22.1 Å². The van der Waals surface area contributed by atoms with Gasteiger partial charge in [0.2, 0.25) is 0 Å². The van der Waals surface area contributed by atoms with Gasteiger partial charge >= 0.3 is 0 Å². The van der Waals surface area contributed by atoms with E-state index in [1.165, 1.54) is 6.21 Å². The summed E-state index contributed by atoms with van der Waals surface area (Å²) in [6.45, 7) is 0. The molecule has 27 heavy (non-hydrogen) atoms. The van der Waals surface area contributed by atoms with Gasteiger partial charge in [-0.1, -0.05) is 48.0 Å². The summed E-state index contributed by atoms with van der Waals surface area (Å²) in [6, 6.07) is 24.3. The second-order valence-corrected chi connectivity index (χ2v) is 6.37. The Morgan fingerprint density at radius 2 is 1.70 bits per heavy atom. The fourth-order valence-corrected chi connectivity index (χ4v) is 2.96. The van der Waals surface area contributed by atoms with Crippen LogP contribution in [-0.2, 0) is 0 Å². The Hall–Kier alpha value is -3.37. The molecular weight excluding hydrogens is 360 g/mol. The van der Waals surface area contributed by atoms with Gasteiger partial charge in [-0.05, 0) is 53.2 Å². The summed E-state index contributed by atoms with van der Waals surface area (Å²) < 4.78 is 5.72. The van der Waals surface area contributed by atoms with E-state index in [-0.39, 0.29) is 5.91 Å².